The molecular weight excluding hydrogens is 546 g/mol. The van der Waals surface area contributed by atoms with Gasteiger partial charge in [0, 0.05) is 17.6 Å². The average molecular weight is 584 g/mol. The summed E-state index contributed by atoms with van der Waals surface area (Å²) in [5, 5.41) is 3.44. The van der Waals surface area contributed by atoms with Crippen LogP contribution in [0.2, 0.25) is 5.02 Å². The fraction of sp³-hybridized carbons (Fsp3) is 0.355. The molecule has 214 valence electrons. The average Bonchev–Trinajstić information content (AvgIpc) is 2.96. The van der Waals surface area contributed by atoms with Crippen molar-refractivity contribution < 1.29 is 18.0 Å². The standard InChI is InChI=1S/C31H38ClN3O4S/c1-5-23(4)33-31(37)28(7-3)34(21-25-16-11-13-19-27(25)32)30(36)22-35(29-20-14-12-15-24(29)6-2)40(38,39)26-17-9-8-10-18-26/h8-20,23,28H,5-7,21-22H2,1-4H3,(H,33,37)/t23-,28+/m0/s1. The molecule has 0 heterocycles. The number of hydrogen-bond donors (Lipinski definition) is 1. The first-order valence-electron chi connectivity index (χ1n) is 13.6. The number of carbonyl (C=O) groups excluding carboxylic acids is 2. The van der Waals surface area contributed by atoms with E-state index >= 15 is 0 Å². The number of carbonyl (C=O) groups is 2. The highest BCUT2D eigenvalue weighted by atomic mass is 35.5. The third-order valence-electron chi connectivity index (χ3n) is 6.94. The van der Waals surface area contributed by atoms with E-state index in [9.17, 15) is 18.0 Å². The zero-order valence-corrected chi connectivity index (χ0v) is 25.1. The number of halogens is 1. The molecule has 0 saturated heterocycles. The molecule has 0 aliphatic carbocycles. The molecule has 9 heteroatoms. The lowest BCUT2D eigenvalue weighted by atomic mass is 10.1. The number of sulfonamides is 1. The van der Waals surface area contributed by atoms with E-state index in [4.69, 9.17) is 11.6 Å². The van der Waals surface area contributed by atoms with Crippen molar-refractivity contribution in [2.75, 3.05) is 10.8 Å². The van der Waals surface area contributed by atoms with Gasteiger partial charge in [0.15, 0.2) is 0 Å². The number of rotatable bonds is 13. The van der Waals surface area contributed by atoms with Crippen LogP contribution in [0.25, 0.3) is 0 Å². The highest BCUT2D eigenvalue weighted by molar-refractivity contribution is 7.92. The van der Waals surface area contributed by atoms with Crippen LogP contribution in [0.5, 0.6) is 0 Å². The maximum absolute atomic E-state index is 14.2. The lowest BCUT2D eigenvalue weighted by Gasteiger charge is -2.34. The molecule has 0 unspecified atom stereocenters. The molecule has 3 aromatic carbocycles. The number of para-hydroxylation sites is 1. The number of amides is 2. The Morgan fingerprint density at radius 2 is 1.45 bits per heavy atom. The fourth-order valence-electron chi connectivity index (χ4n) is 4.46. The Kier molecular flexibility index (Phi) is 11.2. The van der Waals surface area contributed by atoms with E-state index in [1.807, 2.05) is 45.9 Å². The monoisotopic (exact) mass is 583 g/mol. The molecule has 2 amide bonds. The van der Waals surface area contributed by atoms with Crippen LogP contribution < -0.4 is 9.62 Å². The van der Waals surface area contributed by atoms with E-state index in [0.717, 1.165) is 16.3 Å². The van der Waals surface area contributed by atoms with Gasteiger partial charge in [-0.25, -0.2) is 8.42 Å². The van der Waals surface area contributed by atoms with Crippen LogP contribution in [-0.2, 0) is 32.6 Å². The SMILES string of the molecule is CCc1ccccc1N(CC(=O)N(Cc1ccccc1Cl)[C@H](CC)C(=O)N[C@@H](C)CC)S(=O)(=O)c1ccccc1. The van der Waals surface area contributed by atoms with E-state index in [1.54, 1.807) is 48.5 Å². The van der Waals surface area contributed by atoms with Crippen LogP contribution in [0, 0.1) is 0 Å². The van der Waals surface area contributed by atoms with Crippen LogP contribution in [0.4, 0.5) is 5.69 Å². The van der Waals surface area contributed by atoms with Crippen LogP contribution >= 0.6 is 11.6 Å². The van der Waals surface area contributed by atoms with Gasteiger partial charge in [-0.15, -0.1) is 0 Å². The Morgan fingerprint density at radius 1 is 0.850 bits per heavy atom. The summed E-state index contributed by atoms with van der Waals surface area (Å²) in [5.74, 6) is -0.792. The van der Waals surface area contributed by atoms with Gasteiger partial charge in [0.05, 0.1) is 10.6 Å². The summed E-state index contributed by atoms with van der Waals surface area (Å²) < 4.78 is 29.1. The first kappa shape index (κ1) is 31.2. The quantitative estimate of drug-likeness (QED) is 0.275. The molecule has 1 N–H and O–H groups in total. The Balaban J connectivity index is 2.10. The molecule has 3 rings (SSSR count). The van der Waals surface area contributed by atoms with Crippen molar-refractivity contribution in [3.8, 4) is 0 Å². The van der Waals surface area contributed by atoms with Gasteiger partial charge in [0.2, 0.25) is 11.8 Å². The minimum Gasteiger partial charge on any atom is -0.352 e. The summed E-state index contributed by atoms with van der Waals surface area (Å²) in [6, 6.07) is 21.4. The van der Waals surface area contributed by atoms with E-state index < -0.39 is 28.5 Å². The maximum atomic E-state index is 14.2. The summed E-state index contributed by atoms with van der Waals surface area (Å²) in [4.78, 5) is 29.1. The van der Waals surface area contributed by atoms with Crippen molar-refractivity contribution in [3.05, 3.63) is 95.0 Å². The molecule has 0 saturated carbocycles. The predicted octanol–water partition coefficient (Wildman–Crippen LogP) is 5.82. The summed E-state index contributed by atoms with van der Waals surface area (Å²) >= 11 is 6.46. The van der Waals surface area contributed by atoms with Crippen molar-refractivity contribution in [1.29, 1.82) is 0 Å². The maximum Gasteiger partial charge on any atom is 0.264 e. The molecule has 0 spiro atoms. The van der Waals surface area contributed by atoms with E-state index in [-0.39, 0.29) is 23.4 Å². The molecule has 0 fully saturated rings. The molecule has 3 aromatic rings. The molecule has 0 bridgehead atoms. The lowest BCUT2D eigenvalue weighted by molar-refractivity contribution is -0.140. The summed E-state index contributed by atoms with van der Waals surface area (Å²) in [6.45, 7) is 7.21. The Bertz CT molecular complexity index is 1400. The minimum atomic E-state index is -4.11. The van der Waals surface area contributed by atoms with Crippen molar-refractivity contribution in [2.24, 2.45) is 0 Å². The number of nitrogens with zero attached hydrogens (tertiary/aromatic N) is 2. The van der Waals surface area contributed by atoms with Gasteiger partial charge < -0.3 is 10.2 Å². The zero-order chi connectivity index (χ0) is 29.3. The smallest absolute Gasteiger partial charge is 0.264 e. The Labute approximate surface area is 243 Å². The van der Waals surface area contributed by atoms with Crippen LogP contribution in [0.15, 0.2) is 83.8 Å². The molecule has 2 atom stereocenters. The fourth-order valence-corrected chi connectivity index (χ4v) is 6.13. The van der Waals surface area contributed by atoms with Gasteiger partial charge in [-0.2, -0.15) is 0 Å². The molecule has 0 aliphatic rings. The molecule has 0 radical (unpaired) electrons. The Morgan fingerprint density at radius 3 is 2.05 bits per heavy atom. The number of nitrogens with one attached hydrogen (secondary N) is 1. The van der Waals surface area contributed by atoms with E-state index in [0.29, 0.717) is 29.1 Å². The normalized spacial score (nSPS) is 12.8. The first-order valence-corrected chi connectivity index (χ1v) is 15.4. The first-order chi connectivity index (χ1) is 19.1. The zero-order valence-electron chi connectivity index (χ0n) is 23.5. The molecule has 0 aromatic heterocycles. The second-order valence-corrected chi connectivity index (χ2v) is 11.9. The number of anilines is 1. The molecule has 0 aliphatic heterocycles. The largest absolute Gasteiger partial charge is 0.352 e. The highest BCUT2D eigenvalue weighted by Crippen LogP contribution is 2.28. The van der Waals surface area contributed by atoms with Crippen LogP contribution in [-0.4, -0.2) is 43.8 Å². The van der Waals surface area contributed by atoms with E-state index in [1.165, 1.54) is 17.0 Å². The summed E-state index contributed by atoms with van der Waals surface area (Å²) in [7, 11) is -4.11. The topological polar surface area (TPSA) is 86.8 Å². The summed E-state index contributed by atoms with van der Waals surface area (Å²) in [5.41, 5.74) is 1.88. The third kappa shape index (κ3) is 7.43. The minimum absolute atomic E-state index is 0.0551. The van der Waals surface area contributed by atoms with Gasteiger partial charge >= 0.3 is 0 Å². The van der Waals surface area contributed by atoms with Crippen molar-refractivity contribution in [3.63, 3.8) is 0 Å². The second kappa shape index (κ2) is 14.3. The lowest BCUT2D eigenvalue weighted by Crippen LogP contribution is -2.53. The second-order valence-electron chi connectivity index (χ2n) is 9.66. The third-order valence-corrected chi connectivity index (χ3v) is 9.08. The molecule has 7 nitrogen and oxygen atoms in total. The van der Waals surface area contributed by atoms with Crippen molar-refractivity contribution >= 4 is 39.1 Å². The predicted molar refractivity (Wildman–Crippen MR) is 161 cm³/mol. The number of benzene rings is 3. The number of hydrogen-bond acceptors (Lipinski definition) is 4. The van der Waals surface area contributed by atoms with Gasteiger partial charge in [-0.05, 0) is 61.6 Å². The highest BCUT2D eigenvalue weighted by Gasteiger charge is 2.34. The molecular formula is C31H38ClN3O4S. The van der Waals surface area contributed by atoms with E-state index in [2.05, 4.69) is 5.32 Å². The van der Waals surface area contributed by atoms with Crippen molar-refractivity contribution in [1.82, 2.24) is 10.2 Å². The van der Waals surface area contributed by atoms with Gasteiger partial charge in [0.1, 0.15) is 12.6 Å². The molecule has 40 heavy (non-hydrogen) atoms. The summed E-state index contributed by atoms with van der Waals surface area (Å²) in [6.07, 6.45) is 1.65. The van der Waals surface area contributed by atoms with Crippen LogP contribution in [0.1, 0.15) is 51.7 Å². The van der Waals surface area contributed by atoms with Crippen molar-refractivity contribution in [2.45, 2.75) is 70.5 Å². The van der Waals surface area contributed by atoms with Gasteiger partial charge in [0.25, 0.3) is 10.0 Å². The van der Waals surface area contributed by atoms with Crippen LogP contribution in [0.3, 0.4) is 0 Å². The number of aryl methyl sites for hydroxylation is 1. The van der Waals surface area contributed by atoms with Gasteiger partial charge in [-0.3, -0.25) is 13.9 Å². The van der Waals surface area contributed by atoms with Gasteiger partial charge in [-0.1, -0.05) is 87.0 Å². The Hall–Kier alpha value is -3.36.